The lowest BCUT2D eigenvalue weighted by molar-refractivity contribution is -0.268. The predicted octanol–water partition coefficient (Wildman–Crippen LogP) is 1.81. The van der Waals surface area contributed by atoms with Crippen molar-refractivity contribution in [3.8, 4) is 5.75 Å². The lowest BCUT2D eigenvalue weighted by atomic mass is 10.2. The van der Waals surface area contributed by atoms with Crippen LogP contribution in [0, 0.1) is 0 Å². The summed E-state index contributed by atoms with van der Waals surface area (Å²) in [7, 11) is 0. The molecule has 194 valence electrons. The standard InChI is InChI=1S/C23H30O12/c1-13(31-16(4)26)21(12-30-15(3)25)35-23(22(32-17(5)27)33-18(6)28)34-20-10-8-7-9-19(20)11-29-14(2)24/h7-10,13,21-23H,11-12H2,1-6H3. The van der Waals surface area contributed by atoms with Crippen molar-refractivity contribution in [1.82, 2.24) is 0 Å². The van der Waals surface area contributed by atoms with E-state index in [0.29, 0.717) is 5.56 Å². The molecule has 0 saturated heterocycles. The monoisotopic (exact) mass is 498 g/mol. The van der Waals surface area contributed by atoms with Crippen molar-refractivity contribution in [1.29, 1.82) is 0 Å². The molecule has 0 heterocycles. The Hall–Kier alpha value is -3.67. The molecule has 3 atom stereocenters. The zero-order chi connectivity index (χ0) is 26.5. The van der Waals surface area contributed by atoms with Gasteiger partial charge in [-0.3, -0.25) is 24.0 Å². The zero-order valence-corrected chi connectivity index (χ0v) is 20.4. The van der Waals surface area contributed by atoms with Gasteiger partial charge in [-0.15, -0.1) is 0 Å². The molecule has 0 aliphatic carbocycles. The summed E-state index contributed by atoms with van der Waals surface area (Å²) in [5, 5.41) is 0. The summed E-state index contributed by atoms with van der Waals surface area (Å²) in [6.07, 6.45) is -5.39. The summed E-state index contributed by atoms with van der Waals surface area (Å²) in [6, 6.07) is 6.42. The third-order valence-electron chi connectivity index (χ3n) is 4.07. The summed E-state index contributed by atoms with van der Waals surface area (Å²) in [5.41, 5.74) is 0.422. The van der Waals surface area contributed by atoms with Crippen LogP contribution >= 0.6 is 0 Å². The van der Waals surface area contributed by atoms with Crippen LogP contribution in [-0.4, -0.2) is 61.2 Å². The molecule has 0 amide bonds. The van der Waals surface area contributed by atoms with Crippen LogP contribution < -0.4 is 4.74 Å². The smallest absolute Gasteiger partial charge is 0.309 e. The maximum absolute atomic E-state index is 11.7. The summed E-state index contributed by atoms with van der Waals surface area (Å²) < 4.78 is 37.1. The van der Waals surface area contributed by atoms with Crippen molar-refractivity contribution in [2.45, 2.75) is 72.9 Å². The van der Waals surface area contributed by atoms with Crippen molar-refractivity contribution in [3.05, 3.63) is 29.8 Å². The summed E-state index contributed by atoms with van der Waals surface area (Å²) in [6.45, 7) is 6.72. The van der Waals surface area contributed by atoms with Gasteiger partial charge in [-0.25, -0.2) is 0 Å². The Bertz CT molecular complexity index is 880. The highest BCUT2D eigenvalue weighted by Crippen LogP contribution is 2.24. The van der Waals surface area contributed by atoms with E-state index in [1.165, 1.54) is 33.8 Å². The molecule has 35 heavy (non-hydrogen) atoms. The van der Waals surface area contributed by atoms with E-state index in [2.05, 4.69) is 0 Å². The molecule has 0 radical (unpaired) electrons. The van der Waals surface area contributed by atoms with Crippen molar-refractivity contribution in [2.24, 2.45) is 0 Å². The molecular weight excluding hydrogens is 468 g/mol. The van der Waals surface area contributed by atoms with Gasteiger partial charge in [0, 0.05) is 40.2 Å². The molecule has 0 aliphatic heterocycles. The van der Waals surface area contributed by atoms with Crippen LogP contribution in [0.3, 0.4) is 0 Å². The number of hydrogen-bond acceptors (Lipinski definition) is 12. The molecule has 0 N–H and O–H groups in total. The Morgan fingerprint density at radius 3 is 1.77 bits per heavy atom. The minimum absolute atomic E-state index is 0.148. The molecule has 1 aromatic carbocycles. The van der Waals surface area contributed by atoms with Crippen molar-refractivity contribution < 1.29 is 57.1 Å². The fourth-order valence-electron chi connectivity index (χ4n) is 2.65. The maximum atomic E-state index is 11.7. The zero-order valence-electron chi connectivity index (χ0n) is 20.4. The summed E-state index contributed by atoms with van der Waals surface area (Å²) in [4.78, 5) is 57.5. The number of rotatable bonds is 13. The van der Waals surface area contributed by atoms with Crippen LogP contribution in [0.15, 0.2) is 24.3 Å². The Kier molecular flexibility index (Phi) is 12.2. The number of carbonyl (C=O) groups excluding carboxylic acids is 5. The Labute approximate surface area is 202 Å². The van der Waals surface area contributed by atoms with Crippen LogP contribution in [-0.2, 0) is 59.0 Å². The fraction of sp³-hybridized carbons (Fsp3) is 0.522. The highest BCUT2D eigenvalue weighted by molar-refractivity contribution is 5.68. The van der Waals surface area contributed by atoms with Crippen LogP contribution in [0.1, 0.15) is 47.1 Å². The minimum atomic E-state index is -1.70. The van der Waals surface area contributed by atoms with Gasteiger partial charge in [0.15, 0.2) is 0 Å². The summed E-state index contributed by atoms with van der Waals surface area (Å²) >= 11 is 0. The minimum Gasteiger partial charge on any atom is -0.463 e. The molecule has 0 saturated carbocycles. The Balaban J connectivity index is 3.37. The van der Waals surface area contributed by atoms with E-state index in [-0.39, 0.29) is 19.0 Å². The van der Waals surface area contributed by atoms with Gasteiger partial charge < -0.3 is 33.2 Å². The molecule has 0 spiro atoms. The molecule has 12 nitrogen and oxygen atoms in total. The van der Waals surface area contributed by atoms with Gasteiger partial charge in [-0.2, -0.15) is 0 Å². The largest absolute Gasteiger partial charge is 0.463 e. The van der Waals surface area contributed by atoms with Gasteiger partial charge in [0.25, 0.3) is 6.29 Å². The quantitative estimate of drug-likeness (QED) is 0.222. The number of ether oxygens (including phenoxy) is 7. The molecule has 0 aromatic heterocycles. The van der Waals surface area contributed by atoms with Gasteiger partial charge >= 0.3 is 36.1 Å². The molecule has 1 rings (SSSR count). The third kappa shape index (κ3) is 11.8. The van der Waals surface area contributed by atoms with E-state index < -0.39 is 54.6 Å². The highest BCUT2D eigenvalue weighted by atomic mass is 16.8. The van der Waals surface area contributed by atoms with E-state index in [0.717, 1.165) is 13.8 Å². The number of para-hydroxylation sites is 1. The van der Waals surface area contributed by atoms with Crippen molar-refractivity contribution in [2.75, 3.05) is 6.61 Å². The highest BCUT2D eigenvalue weighted by Gasteiger charge is 2.36. The van der Waals surface area contributed by atoms with Gasteiger partial charge in [-0.05, 0) is 13.0 Å². The van der Waals surface area contributed by atoms with Crippen LogP contribution in [0.25, 0.3) is 0 Å². The lowest BCUT2D eigenvalue weighted by Crippen LogP contribution is -2.47. The summed E-state index contributed by atoms with van der Waals surface area (Å²) in [5.74, 6) is -3.27. The first-order valence-corrected chi connectivity index (χ1v) is 10.6. The lowest BCUT2D eigenvalue weighted by Gasteiger charge is -2.32. The van der Waals surface area contributed by atoms with E-state index in [1.807, 2.05) is 0 Å². The average Bonchev–Trinajstić information content (AvgIpc) is 2.73. The topological polar surface area (TPSA) is 150 Å². The molecule has 0 fully saturated rings. The molecule has 1 aromatic rings. The van der Waals surface area contributed by atoms with Crippen molar-refractivity contribution >= 4 is 29.8 Å². The molecule has 0 bridgehead atoms. The van der Waals surface area contributed by atoms with Crippen molar-refractivity contribution in [3.63, 3.8) is 0 Å². The third-order valence-corrected chi connectivity index (χ3v) is 4.07. The number of benzene rings is 1. The normalized spacial score (nSPS) is 13.1. The number of esters is 5. The van der Waals surface area contributed by atoms with Crippen LogP contribution in [0.5, 0.6) is 5.75 Å². The van der Waals surface area contributed by atoms with E-state index in [9.17, 15) is 24.0 Å². The van der Waals surface area contributed by atoms with E-state index in [1.54, 1.807) is 18.2 Å². The number of carbonyl (C=O) groups is 5. The first-order chi connectivity index (χ1) is 16.4. The first-order valence-electron chi connectivity index (χ1n) is 10.6. The second-order valence-electron chi connectivity index (χ2n) is 7.25. The van der Waals surface area contributed by atoms with Crippen LogP contribution in [0.2, 0.25) is 0 Å². The van der Waals surface area contributed by atoms with Gasteiger partial charge in [0.2, 0.25) is 0 Å². The van der Waals surface area contributed by atoms with Gasteiger partial charge in [0.1, 0.15) is 31.2 Å². The van der Waals surface area contributed by atoms with Gasteiger partial charge in [0.05, 0.1) is 0 Å². The van der Waals surface area contributed by atoms with Crippen LogP contribution in [0.4, 0.5) is 0 Å². The first kappa shape index (κ1) is 29.4. The Morgan fingerprint density at radius 2 is 1.26 bits per heavy atom. The fourth-order valence-corrected chi connectivity index (χ4v) is 2.65. The average molecular weight is 498 g/mol. The van der Waals surface area contributed by atoms with E-state index in [4.69, 9.17) is 33.2 Å². The second-order valence-corrected chi connectivity index (χ2v) is 7.25. The van der Waals surface area contributed by atoms with Gasteiger partial charge in [-0.1, -0.05) is 18.2 Å². The Morgan fingerprint density at radius 1 is 0.714 bits per heavy atom. The maximum Gasteiger partial charge on any atom is 0.309 e. The second kappa shape index (κ2) is 14.6. The SMILES string of the molecule is CC(=O)OCc1ccccc1OC(OC(COC(C)=O)C(C)OC(C)=O)C(OC(C)=O)OC(C)=O. The molecular formula is C23H30O12. The predicted molar refractivity (Wildman–Crippen MR) is 116 cm³/mol. The molecule has 3 unspecified atom stereocenters. The molecule has 0 aliphatic rings. The van der Waals surface area contributed by atoms with E-state index >= 15 is 0 Å². The molecule has 12 heteroatoms. The number of hydrogen-bond donors (Lipinski definition) is 0.